The maximum absolute atomic E-state index is 11.1. The molecule has 0 fully saturated rings. The van der Waals surface area contributed by atoms with Gasteiger partial charge < -0.3 is 21.3 Å². The monoisotopic (exact) mass is 292 g/mol. The van der Waals surface area contributed by atoms with Gasteiger partial charge in [0.05, 0.1) is 0 Å². The fraction of sp³-hybridized carbons (Fsp3) is 0.833. The molecule has 0 rings (SSSR count). The van der Waals surface area contributed by atoms with E-state index in [9.17, 15) is 9.59 Å². The van der Waals surface area contributed by atoms with E-state index in [0.717, 1.165) is 19.3 Å². The highest BCUT2D eigenvalue weighted by atomic mass is 32.2. The van der Waals surface area contributed by atoms with Crippen LogP contribution in [0.3, 0.4) is 0 Å². The predicted octanol–water partition coefficient (Wildman–Crippen LogP) is 0.753. The molecule has 3 atom stereocenters. The van der Waals surface area contributed by atoms with Crippen molar-refractivity contribution < 1.29 is 19.8 Å². The number of hydrogen-bond acceptors (Lipinski definition) is 5. The number of aliphatic carboxylic acids is 2. The number of carbonyl (C=O) groups is 2. The van der Waals surface area contributed by atoms with Crippen molar-refractivity contribution in [3.05, 3.63) is 0 Å². The lowest BCUT2D eigenvalue weighted by Gasteiger charge is -2.20. The van der Waals surface area contributed by atoms with Gasteiger partial charge in [-0.1, -0.05) is 19.8 Å². The molecule has 1 unspecified atom stereocenters. The van der Waals surface area contributed by atoms with Crippen molar-refractivity contribution in [2.75, 3.05) is 11.5 Å². The Labute approximate surface area is 118 Å². The van der Waals surface area contributed by atoms with Crippen LogP contribution in [0.2, 0.25) is 0 Å². The van der Waals surface area contributed by atoms with E-state index in [2.05, 4.69) is 12.2 Å². The lowest BCUT2D eigenvalue weighted by atomic mass is 10.1. The van der Waals surface area contributed by atoms with Gasteiger partial charge in [0, 0.05) is 17.5 Å². The number of nitrogens with two attached hydrogens (primary N) is 1. The first-order valence-electron chi connectivity index (χ1n) is 6.43. The van der Waals surface area contributed by atoms with Crippen LogP contribution in [-0.2, 0) is 9.59 Å². The standard InChI is InChI=1S/C12H24N2O4S/c1-3-4-5-8(2)14-10(12(17)18)7-19-6-9(13)11(15)16/h8-10,14H,3-7,13H2,1-2H3,(H,15,16)(H,17,18)/t8?,9-,10-/m0/s1. The van der Waals surface area contributed by atoms with Gasteiger partial charge in [0.2, 0.25) is 0 Å². The average Bonchev–Trinajstić information content (AvgIpc) is 2.34. The number of thioether (sulfide) groups is 1. The van der Waals surface area contributed by atoms with Crippen molar-refractivity contribution in [3.63, 3.8) is 0 Å². The largest absolute Gasteiger partial charge is 0.480 e. The maximum atomic E-state index is 11.1. The van der Waals surface area contributed by atoms with Crippen molar-refractivity contribution in [3.8, 4) is 0 Å². The van der Waals surface area contributed by atoms with Crippen LogP contribution < -0.4 is 11.1 Å². The Bertz CT molecular complexity index is 289. The third kappa shape index (κ3) is 8.85. The van der Waals surface area contributed by atoms with Crippen LogP contribution in [0.5, 0.6) is 0 Å². The van der Waals surface area contributed by atoms with Crippen molar-refractivity contribution in [2.45, 2.75) is 51.2 Å². The predicted molar refractivity (Wildman–Crippen MR) is 76.5 cm³/mol. The molecule has 0 bridgehead atoms. The van der Waals surface area contributed by atoms with Gasteiger partial charge in [-0.2, -0.15) is 11.8 Å². The third-order valence-electron chi connectivity index (χ3n) is 2.67. The topological polar surface area (TPSA) is 113 Å². The molecule has 0 saturated carbocycles. The molecular formula is C12H24N2O4S. The zero-order valence-corrected chi connectivity index (χ0v) is 12.3. The number of unbranched alkanes of at least 4 members (excludes halogenated alkanes) is 1. The SMILES string of the molecule is CCCCC(C)N[C@@H](CSC[C@H](N)C(=O)O)C(=O)O. The second-order valence-corrected chi connectivity index (χ2v) is 5.66. The molecule has 6 nitrogen and oxygen atoms in total. The average molecular weight is 292 g/mol. The minimum Gasteiger partial charge on any atom is -0.480 e. The maximum Gasteiger partial charge on any atom is 0.321 e. The lowest BCUT2D eigenvalue weighted by molar-refractivity contribution is -0.139. The summed E-state index contributed by atoms with van der Waals surface area (Å²) in [6.45, 7) is 4.05. The molecule has 0 radical (unpaired) electrons. The normalized spacial score (nSPS) is 15.7. The zero-order chi connectivity index (χ0) is 14.8. The van der Waals surface area contributed by atoms with E-state index in [4.69, 9.17) is 15.9 Å². The number of rotatable bonds is 11. The number of hydrogen-bond donors (Lipinski definition) is 4. The number of nitrogens with one attached hydrogen (secondary N) is 1. The van der Waals surface area contributed by atoms with E-state index in [-0.39, 0.29) is 11.8 Å². The fourth-order valence-electron chi connectivity index (χ4n) is 1.51. The number of carboxylic acid groups (broad SMARTS) is 2. The molecule has 0 aromatic rings. The van der Waals surface area contributed by atoms with Gasteiger partial charge in [-0.05, 0) is 13.3 Å². The molecule has 0 heterocycles. The van der Waals surface area contributed by atoms with E-state index >= 15 is 0 Å². The van der Waals surface area contributed by atoms with Crippen LogP contribution in [0.4, 0.5) is 0 Å². The highest BCUT2D eigenvalue weighted by Crippen LogP contribution is 2.08. The Morgan fingerprint density at radius 3 is 2.37 bits per heavy atom. The zero-order valence-electron chi connectivity index (χ0n) is 11.5. The van der Waals surface area contributed by atoms with Gasteiger partial charge in [-0.15, -0.1) is 0 Å². The Morgan fingerprint density at radius 1 is 1.26 bits per heavy atom. The van der Waals surface area contributed by atoms with Gasteiger partial charge >= 0.3 is 11.9 Å². The molecule has 7 heteroatoms. The van der Waals surface area contributed by atoms with Gasteiger partial charge in [-0.25, -0.2) is 0 Å². The van der Waals surface area contributed by atoms with Crippen LogP contribution in [0.25, 0.3) is 0 Å². The Balaban J connectivity index is 4.05. The smallest absolute Gasteiger partial charge is 0.321 e. The minimum absolute atomic E-state index is 0.134. The van der Waals surface area contributed by atoms with Gasteiger partial charge in [0.15, 0.2) is 0 Å². The highest BCUT2D eigenvalue weighted by molar-refractivity contribution is 7.99. The van der Waals surface area contributed by atoms with Gasteiger partial charge in [0.1, 0.15) is 12.1 Å². The van der Waals surface area contributed by atoms with E-state index in [1.165, 1.54) is 11.8 Å². The Kier molecular flexibility index (Phi) is 9.63. The molecule has 0 spiro atoms. The molecule has 0 saturated heterocycles. The highest BCUT2D eigenvalue weighted by Gasteiger charge is 2.20. The summed E-state index contributed by atoms with van der Waals surface area (Å²) in [6.07, 6.45) is 3.06. The molecule has 0 amide bonds. The summed E-state index contributed by atoms with van der Waals surface area (Å²) >= 11 is 1.24. The van der Waals surface area contributed by atoms with Crippen LogP contribution in [0, 0.1) is 0 Å². The lowest BCUT2D eigenvalue weighted by Crippen LogP contribution is -2.44. The van der Waals surface area contributed by atoms with E-state index in [0.29, 0.717) is 5.75 Å². The molecule has 0 aliphatic heterocycles. The molecule has 19 heavy (non-hydrogen) atoms. The van der Waals surface area contributed by atoms with Crippen LogP contribution >= 0.6 is 11.8 Å². The van der Waals surface area contributed by atoms with Crippen LogP contribution in [-0.4, -0.2) is 51.8 Å². The molecule has 112 valence electrons. The first-order chi connectivity index (χ1) is 8.88. The van der Waals surface area contributed by atoms with Crippen molar-refractivity contribution in [1.29, 1.82) is 0 Å². The summed E-state index contributed by atoms with van der Waals surface area (Å²) in [5.74, 6) is -1.46. The van der Waals surface area contributed by atoms with E-state index < -0.39 is 24.0 Å². The van der Waals surface area contributed by atoms with Gasteiger partial charge in [-0.3, -0.25) is 9.59 Å². The third-order valence-corrected chi connectivity index (χ3v) is 3.84. The summed E-state index contributed by atoms with van der Waals surface area (Å²) in [5.41, 5.74) is 5.36. The van der Waals surface area contributed by atoms with E-state index in [1.54, 1.807) is 0 Å². The fourth-order valence-corrected chi connectivity index (χ4v) is 2.52. The van der Waals surface area contributed by atoms with E-state index in [1.807, 2.05) is 6.92 Å². The Hall–Kier alpha value is -0.790. The minimum atomic E-state index is -1.07. The van der Waals surface area contributed by atoms with Crippen LogP contribution in [0.1, 0.15) is 33.1 Å². The van der Waals surface area contributed by atoms with Crippen molar-refractivity contribution in [2.24, 2.45) is 5.73 Å². The Morgan fingerprint density at radius 2 is 1.89 bits per heavy atom. The second kappa shape index (κ2) is 10.1. The molecular weight excluding hydrogens is 268 g/mol. The molecule has 0 aromatic heterocycles. The molecule has 0 aromatic carbocycles. The summed E-state index contributed by atoms with van der Waals surface area (Å²) in [5, 5.41) is 20.8. The summed E-state index contributed by atoms with van der Waals surface area (Å²) in [7, 11) is 0. The van der Waals surface area contributed by atoms with Gasteiger partial charge in [0.25, 0.3) is 0 Å². The molecule has 0 aliphatic carbocycles. The summed E-state index contributed by atoms with van der Waals surface area (Å²) < 4.78 is 0. The first kappa shape index (κ1) is 18.2. The number of carboxylic acids is 2. The van der Waals surface area contributed by atoms with Crippen molar-refractivity contribution >= 4 is 23.7 Å². The summed E-state index contributed by atoms with van der Waals surface area (Å²) in [4.78, 5) is 21.6. The molecule has 5 N–H and O–H groups in total. The quantitative estimate of drug-likeness (QED) is 0.444. The second-order valence-electron chi connectivity index (χ2n) is 4.58. The summed E-state index contributed by atoms with van der Waals surface area (Å²) in [6, 6.07) is -1.48. The van der Waals surface area contributed by atoms with Crippen LogP contribution in [0.15, 0.2) is 0 Å². The van der Waals surface area contributed by atoms with Crippen molar-refractivity contribution in [1.82, 2.24) is 5.32 Å². The molecule has 0 aliphatic rings. The first-order valence-corrected chi connectivity index (χ1v) is 7.58.